The lowest BCUT2D eigenvalue weighted by molar-refractivity contribution is -0.0888. The molecule has 1 N–H and O–H groups in total. The van der Waals surface area contributed by atoms with Crippen molar-refractivity contribution < 1.29 is 22.7 Å². The van der Waals surface area contributed by atoms with Gasteiger partial charge in [-0.3, -0.25) is 0 Å². The van der Waals surface area contributed by atoms with Crippen molar-refractivity contribution in [1.82, 2.24) is 10.2 Å². The molecule has 1 aliphatic heterocycles. The maximum Gasteiger partial charge on any atom is 0.416 e. The zero-order valence-electron chi connectivity index (χ0n) is 21.5. The maximum atomic E-state index is 13.8. The minimum Gasteiger partial charge on any atom is -0.445 e. The van der Waals surface area contributed by atoms with E-state index in [4.69, 9.17) is 28.6 Å². The van der Waals surface area contributed by atoms with E-state index >= 15 is 0 Å². The number of allylic oxidation sites excluding steroid dienone is 3. The van der Waals surface area contributed by atoms with Crippen LogP contribution in [0.15, 0.2) is 48.1 Å². The monoisotopic (exact) mass is 554 g/mol. The Kier molecular flexibility index (Phi) is 8.01. The third kappa shape index (κ3) is 5.70. The standard InChI is InChI=1S/C28H34ClF3N2O2S/c1-16(2)22-14-5-17(3)15-23(22)36-26(35)34-24(18-6-8-20(9-7-18)28(30,31)32)27(4,33-25(34)37)19-10-12-21(29)13-11-19/h6,8-13,16-18,22-24H,5,7,14-15H2,1-4H3,(H,33,37)/t17-,18?,22+,23?,24+,27-/m1/s1. The number of thiocarbonyl (C=S) groups is 1. The highest BCUT2D eigenvalue weighted by atomic mass is 35.5. The van der Waals surface area contributed by atoms with Crippen molar-refractivity contribution in [2.24, 2.45) is 23.7 Å². The van der Waals surface area contributed by atoms with Crippen LogP contribution < -0.4 is 5.32 Å². The van der Waals surface area contributed by atoms with Crippen molar-refractivity contribution in [1.29, 1.82) is 0 Å². The van der Waals surface area contributed by atoms with Gasteiger partial charge in [-0.25, -0.2) is 9.69 Å². The maximum absolute atomic E-state index is 13.8. The molecule has 9 heteroatoms. The molecule has 0 radical (unpaired) electrons. The van der Waals surface area contributed by atoms with Crippen LogP contribution in [0.2, 0.25) is 5.02 Å². The number of carbonyl (C=O) groups is 1. The van der Waals surface area contributed by atoms with E-state index < -0.39 is 35.3 Å². The number of benzene rings is 1. The van der Waals surface area contributed by atoms with E-state index in [1.54, 1.807) is 12.1 Å². The van der Waals surface area contributed by atoms with Gasteiger partial charge in [0.05, 0.1) is 17.2 Å². The number of hydrogen-bond donors (Lipinski definition) is 1. The summed E-state index contributed by atoms with van der Waals surface area (Å²) < 4.78 is 46.1. The van der Waals surface area contributed by atoms with Gasteiger partial charge in [0.15, 0.2) is 5.11 Å². The Morgan fingerprint density at radius 3 is 2.49 bits per heavy atom. The molecule has 0 bridgehead atoms. The molecule has 4 nitrogen and oxygen atoms in total. The van der Waals surface area contributed by atoms with Crippen LogP contribution in [-0.2, 0) is 10.3 Å². The highest BCUT2D eigenvalue weighted by Crippen LogP contribution is 2.43. The second-order valence-corrected chi connectivity index (χ2v) is 11.9. The van der Waals surface area contributed by atoms with E-state index in [0.717, 1.165) is 30.9 Å². The molecule has 1 aromatic rings. The lowest BCUT2D eigenvalue weighted by Crippen LogP contribution is -2.51. The summed E-state index contributed by atoms with van der Waals surface area (Å²) in [4.78, 5) is 15.2. The summed E-state index contributed by atoms with van der Waals surface area (Å²) in [5.41, 5.74) is -0.725. The van der Waals surface area contributed by atoms with Crippen LogP contribution in [0.4, 0.5) is 18.0 Å². The van der Waals surface area contributed by atoms with Crippen molar-refractivity contribution in [3.8, 4) is 0 Å². The summed E-state index contributed by atoms with van der Waals surface area (Å²) in [6, 6.07) is 6.59. The molecule has 1 amide bonds. The third-order valence-electron chi connectivity index (χ3n) is 8.18. The summed E-state index contributed by atoms with van der Waals surface area (Å²) in [6.07, 6.45) is 1.59. The third-order valence-corrected chi connectivity index (χ3v) is 8.73. The van der Waals surface area contributed by atoms with Crippen molar-refractivity contribution in [3.05, 3.63) is 58.7 Å². The van der Waals surface area contributed by atoms with Crippen LogP contribution in [0, 0.1) is 23.7 Å². The predicted octanol–water partition coefficient (Wildman–Crippen LogP) is 7.78. The van der Waals surface area contributed by atoms with Crippen molar-refractivity contribution in [2.75, 3.05) is 0 Å². The number of amides is 1. The van der Waals surface area contributed by atoms with E-state index in [-0.39, 0.29) is 23.6 Å². The molecular weight excluding hydrogens is 521 g/mol. The van der Waals surface area contributed by atoms with E-state index in [1.165, 1.54) is 17.1 Å². The molecule has 202 valence electrons. The van der Waals surface area contributed by atoms with Gasteiger partial charge in [-0.2, -0.15) is 13.2 Å². The van der Waals surface area contributed by atoms with Crippen LogP contribution in [0.25, 0.3) is 0 Å². The molecule has 0 spiro atoms. The number of nitrogens with zero attached hydrogens (tertiary/aromatic N) is 1. The Bertz CT molecular complexity index is 1090. The van der Waals surface area contributed by atoms with Gasteiger partial charge < -0.3 is 10.1 Å². The van der Waals surface area contributed by atoms with E-state index in [2.05, 4.69) is 26.1 Å². The van der Waals surface area contributed by atoms with Crippen LogP contribution in [0.3, 0.4) is 0 Å². The molecule has 1 aromatic carbocycles. The minimum absolute atomic E-state index is 0.113. The first-order valence-corrected chi connectivity index (χ1v) is 13.6. The quantitative estimate of drug-likeness (QED) is 0.386. The first-order chi connectivity index (χ1) is 17.3. The molecule has 3 aliphatic rings. The van der Waals surface area contributed by atoms with Gasteiger partial charge in [0, 0.05) is 10.9 Å². The molecule has 2 unspecified atom stereocenters. The summed E-state index contributed by atoms with van der Waals surface area (Å²) in [7, 11) is 0. The zero-order chi connectivity index (χ0) is 27.1. The smallest absolute Gasteiger partial charge is 0.416 e. The Morgan fingerprint density at radius 2 is 1.92 bits per heavy atom. The molecule has 0 aromatic heterocycles. The molecule has 2 fully saturated rings. The van der Waals surface area contributed by atoms with Crippen molar-refractivity contribution in [2.45, 2.75) is 77.2 Å². The molecule has 1 saturated heterocycles. The van der Waals surface area contributed by atoms with E-state index in [1.807, 2.05) is 19.1 Å². The normalized spacial score (nSPS) is 32.4. The number of alkyl halides is 3. The minimum atomic E-state index is -4.42. The Hall–Kier alpha value is -2.06. The largest absolute Gasteiger partial charge is 0.445 e. The Balaban J connectivity index is 1.68. The van der Waals surface area contributed by atoms with Gasteiger partial charge >= 0.3 is 12.3 Å². The first kappa shape index (κ1) is 28.0. The lowest BCUT2D eigenvalue weighted by Gasteiger charge is -2.40. The Morgan fingerprint density at radius 1 is 1.24 bits per heavy atom. The second kappa shape index (κ2) is 10.6. The van der Waals surface area contributed by atoms with Crippen molar-refractivity contribution >= 4 is 35.0 Å². The van der Waals surface area contributed by atoms with Crippen LogP contribution in [-0.4, -0.2) is 34.4 Å². The molecule has 6 atom stereocenters. The summed E-state index contributed by atoms with van der Waals surface area (Å²) in [6.45, 7) is 8.36. The average Bonchev–Trinajstić information content (AvgIpc) is 3.09. The van der Waals surface area contributed by atoms with Crippen LogP contribution >= 0.6 is 23.8 Å². The summed E-state index contributed by atoms with van der Waals surface area (Å²) in [5, 5.41) is 4.07. The van der Waals surface area contributed by atoms with Crippen LogP contribution in [0.5, 0.6) is 0 Å². The SMILES string of the molecule is CC(C)[C@@H]1CC[C@@H](C)CC1OC(=O)N1C(=S)N[C@](C)(c2ccc(Cl)cc2)[C@@H]1C1C=CC(C(F)(F)F)=CC1. The fourth-order valence-corrected chi connectivity index (χ4v) is 6.64. The van der Waals surface area contributed by atoms with E-state index in [0.29, 0.717) is 16.9 Å². The fraction of sp³-hybridized carbons (Fsp3) is 0.571. The molecular formula is C28H34ClF3N2O2S. The Labute approximate surface area is 227 Å². The predicted molar refractivity (Wildman–Crippen MR) is 143 cm³/mol. The topological polar surface area (TPSA) is 41.6 Å². The van der Waals surface area contributed by atoms with Crippen molar-refractivity contribution in [3.63, 3.8) is 0 Å². The summed E-state index contributed by atoms with van der Waals surface area (Å²) in [5.74, 6) is 0.630. The number of carbonyl (C=O) groups excluding carboxylic acids is 1. The van der Waals surface area contributed by atoms with Gasteiger partial charge in [-0.15, -0.1) is 0 Å². The van der Waals surface area contributed by atoms with E-state index in [9.17, 15) is 18.0 Å². The average molecular weight is 555 g/mol. The zero-order valence-corrected chi connectivity index (χ0v) is 23.1. The number of ether oxygens (including phenoxy) is 1. The molecule has 1 saturated carbocycles. The highest BCUT2D eigenvalue weighted by molar-refractivity contribution is 7.80. The van der Waals surface area contributed by atoms with Gasteiger partial charge in [-0.1, -0.05) is 69.2 Å². The van der Waals surface area contributed by atoms with Gasteiger partial charge in [0.1, 0.15) is 6.10 Å². The number of nitrogens with one attached hydrogen (secondary N) is 1. The fourth-order valence-electron chi connectivity index (χ4n) is 6.11. The first-order valence-electron chi connectivity index (χ1n) is 12.8. The van der Waals surface area contributed by atoms with Gasteiger partial charge in [-0.05, 0) is 73.9 Å². The second-order valence-electron chi connectivity index (χ2n) is 11.1. The van der Waals surface area contributed by atoms with Gasteiger partial charge in [0.2, 0.25) is 0 Å². The summed E-state index contributed by atoms with van der Waals surface area (Å²) >= 11 is 11.8. The number of hydrogen-bond acceptors (Lipinski definition) is 3. The molecule has 2 aliphatic carbocycles. The van der Waals surface area contributed by atoms with Crippen LogP contribution in [0.1, 0.15) is 58.9 Å². The number of halogens is 4. The molecule has 4 rings (SSSR count). The lowest BCUT2D eigenvalue weighted by atomic mass is 9.75. The molecule has 1 heterocycles. The highest BCUT2D eigenvalue weighted by Gasteiger charge is 2.54. The van der Waals surface area contributed by atoms with Gasteiger partial charge in [0.25, 0.3) is 0 Å². The number of rotatable bonds is 4. The molecule has 37 heavy (non-hydrogen) atoms.